The van der Waals surface area contributed by atoms with E-state index in [1.807, 2.05) is 0 Å². The number of rotatable bonds is 3. The van der Waals surface area contributed by atoms with Gasteiger partial charge in [-0.1, -0.05) is 25.7 Å². The van der Waals surface area contributed by atoms with Crippen molar-refractivity contribution in [1.29, 1.82) is 0 Å². The highest BCUT2D eigenvalue weighted by molar-refractivity contribution is 7.89. The molecule has 0 bridgehead atoms. The Bertz CT molecular complexity index is 534. The lowest BCUT2D eigenvalue weighted by Crippen LogP contribution is -2.34. The molecule has 0 heterocycles. The van der Waals surface area contributed by atoms with Crippen LogP contribution in [0.15, 0.2) is 23.1 Å². The number of hydrogen-bond acceptors (Lipinski definition) is 2. The van der Waals surface area contributed by atoms with Crippen LogP contribution in [0.4, 0.5) is 4.39 Å². The van der Waals surface area contributed by atoms with E-state index >= 15 is 0 Å². The molecular formula is C14H20FNO2S. The largest absolute Gasteiger partial charge is 0.240 e. The first kappa shape index (κ1) is 14.5. The molecule has 1 fully saturated rings. The van der Waals surface area contributed by atoms with E-state index in [0.29, 0.717) is 5.56 Å². The number of nitrogens with one attached hydrogen (secondary N) is 1. The smallest absolute Gasteiger partial charge is 0.208 e. The molecule has 0 amide bonds. The predicted octanol–water partition coefficient (Wildman–Crippen LogP) is 3.14. The van der Waals surface area contributed by atoms with Gasteiger partial charge in [0.1, 0.15) is 5.82 Å². The summed E-state index contributed by atoms with van der Waals surface area (Å²) in [5.41, 5.74) is 0.351. The number of halogens is 1. The molecular weight excluding hydrogens is 265 g/mol. The van der Waals surface area contributed by atoms with Gasteiger partial charge in [-0.3, -0.25) is 0 Å². The van der Waals surface area contributed by atoms with Gasteiger partial charge in [-0.2, -0.15) is 0 Å². The number of hydrogen-bond donors (Lipinski definition) is 1. The van der Waals surface area contributed by atoms with Crippen LogP contribution in [0.25, 0.3) is 0 Å². The molecule has 2 rings (SSSR count). The lowest BCUT2D eigenvalue weighted by Gasteiger charge is -2.16. The minimum atomic E-state index is -3.53. The molecule has 0 radical (unpaired) electrons. The van der Waals surface area contributed by atoms with Gasteiger partial charge >= 0.3 is 0 Å². The maximum absolute atomic E-state index is 13.2. The Morgan fingerprint density at radius 1 is 1.16 bits per heavy atom. The van der Waals surface area contributed by atoms with Crippen molar-refractivity contribution in [3.8, 4) is 0 Å². The van der Waals surface area contributed by atoms with Gasteiger partial charge in [0.2, 0.25) is 10.0 Å². The zero-order valence-electron chi connectivity index (χ0n) is 11.2. The molecule has 0 unspecified atom stereocenters. The van der Waals surface area contributed by atoms with E-state index in [0.717, 1.165) is 25.7 Å². The Labute approximate surface area is 114 Å². The molecule has 0 saturated heterocycles. The zero-order chi connectivity index (χ0) is 13.9. The summed E-state index contributed by atoms with van der Waals surface area (Å²) >= 11 is 0. The van der Waals surface area contributed by atoms with Crippen molar-refractivity contribution in [3.63, 3.8) is 0 Å². The molecule has 0 aromatic heterocycles. The van der Waals surface area contributed by atoms with Crippen LogP contribution in [0.3, 0.4) is 0 Å². The summed E-state index contributed by atoms with van der Waals surface area (Å²) < 4.78 is 40.4. The van der Waals surface area contributed by atoms with Crippen molar-refractivity contribution in [2.24, 2.45) is 0 Å². The number of benzene rings is 1. The van der Waals surface area contributed by atoms with E-state index < -0.39 is 10.0 Å². The van der Waals surface area contributed by atoms with Crippen LogP contribution in [0.5, 0.6) is 0 Å². The van der Waals surface area contributed by atoms with Crippen LogP contribution in [-0.2, 0) is 10.0 Å². The first-order chi connectivity index (χ1) is 8.99. The molecule has 1 aromatic carbocycles. The van der Waals surface area contributed by atoms with Gasteiger partial charge in [-0.25, -0.2) is 17.5 Å². The first-order valence-electron chi connectivity index (χ1n) is 6.77. The lowest BCUT2D eigenvalue weighted by molar-refractivity contribution is 0.509. The Kier molecular flexibility index (Phi) is 4.58. The average Bonchev–Trinajstić information content (AvgIpc) is 2.60. The summed E-state index contributed by atoms with van der Waals surface area (Å²) in [6, 6.07) is 3.92. The fraction of sp³-hybridized carbons (Fsp3) is 0.571. The van der Waals surface area contributed by atoms with Crippen LogP contribution >= 0.6 is 0 Å². The van der Waals surface area contributed by atoms with Crippen LogP contribution in [-0.4, -0.2) is 14.5 Å². The molecule has 0 spiro atoms. The summed E-state index contributed by atoms with van der Waals surface area (Å²) in [5, 5.41) is 0. The van der Waals surface area contributed by atoms with Crippen molar-refractivity contribution in [1.82, 2.24) is 4.72 Å². The topological polar surface area (TPSA) is 46.2 Å². The van der Waals surface area contributed by atoms with Gasteiger partial charge in [0.25, 0.3) is 0 Å². The number of aryl methyl sites for hydroxylation is 1. The maximum Gasteiger partial charge on any atom is 0.240 e. The van der Waals surface area contributed by atoms with Gasteiger partial charge in [0.05, 0.1) is 4.90 Å². The van der Waals surface area contributed by atoms with E-state index in [-0.39, 0.29) is 16.8 Å². The first-order valence-corrected chi connectivity index (χ1v) is 8.26. The van der Waals surface area contributed by atoms with E-state index in [1.165, 1.54) is 31.0 Å². The fourth-order valence-corrected chi connectivity index (χ4v) is 3.86. The SMILES string of the molecule is Cc1cc(S(=O)(=O)NC2CCCCCC2)ccc1F. The monoisotopic (exact) mass is 285 g/mol. The Balaban J connectivity index is 2.14. The van der Waals surface area contributed by atoms with Gasteiger partial charge in [-0.15, -0.1) is 0 Å². The van der Waals surface area contributed by atoms with Gasteiger partial charge in [0.15, 0.2) is 0 Å². The molecule has 3 nitrogen and oxygen atoms in total. The molecule has 5 heteroatoms. The molecule has 0 aliphatic heterocycles. The van der Waals surface area contributed by atoms with Crippen molar-refractivity contribution < 1.29 is 12.8 Å². The Morgan fingerprint density at radius 2 is 1.79 bits per heavy atom. The summed E-state index contributed by atoms with van der Waals surface area (Å²) in [6.45, 7) is 1.57. The average molecular weight is 285 g/mol. The van der Waals surface area contributed by atoms with E-state index in [1.54, 1.807) is 6.92 Å². The van der Waals surface area contributed by atoms with Crippen molar-refractivity contribution in [3.05, 3.63) is 29.6 Å². The Morgan fingerprint density at radius 3 is 2.37 bits per heavy atom. The third-order valence-corrected chi connectivity index (χ3v) is 5.13. The van der Waals surface area contributed by atoms with Crippen molar-refractivity contribution in [2.45, 2.75) is 56.4 Å². The van der Waals surface area contributed by atoms with Gasteiger partial charge in [0, 0.05) is 6.04 Å². The van der Waals surface area contributed by atoms with Crippen LogP contribution in [0, 0.1) is 12.7 Å². The molecule has 1 N–H and O–H groups in total. The summed E-state index contributed by atoms with van der Waals surface area (Å²) in [4.78, 5) is 0.149. The number of sulfonamides is 1. The van der Waals surface area contributed by atoms with Crippen LogP contribution in [0.2, 0.25) is 0 Å². The summed E-state index contributed by atoms with van der Waals surface area (Å²) in [7, 11) is -3.53. The fourth-order valence-electron chi connectivity index (χ4n) is 2.47. The predicted molar refractivity (Wildman–Crippen MR) is 72.9 cm³/mol. The van der Waals surface area contributed by atoms with Gasteiger partial charge < -0.3 is 0 Å². The van der Waals surface area contributed by atoms with Gasteiger partial charge in [-0.05, 0) is 43.5 Å². The highest BCUT2D eigenvalue weighted by atomic mass is 32.2. The summed E-state index contributed by atoms with van der Waals surface area (Å²) in [5.74, 6) is -0.381. The highest BCUT2D eigenvalue weighted by Crippen LogP contribution is 2.20. The van der Waals surface area contributed by atoms with E-state index in [2.05, 4.69) is 4.72 Å². The standard InChI is InChI=1S/C14H20FNO2S/c1-11-10-13(8-9-14(11)15)19(17,18)16-12-6-4-2-3-5-7-12/h8-10,12,16H,2-7H2,1H3. The quantitative estimate of drug-likeness (QED) is 0.867. The molecule has 106 valence electrons. The lowest BCUT2D eigenvalue weighted by atomic mass is 10.1. The minimum absolute atomic E-state index is 0.0119. The third-order valence-electron chi connectivity index (χ3n) is 3.62. The molecule has 1 aliphatic rings. The van der Waals surface area contributed by atoms with Crippen LogP contribution in [0.1, 0.15) is 44.1 Å². The molecule has 1 aromatic rings. The second-order valence-electron chi connectivity index (χ2n) is 5.22. The normalized spacial score (nSPS) is 18.2. The van der Waals surface area contributed by atoms with E-state index in [4.69, 9.17) is 0 Å². The summed E-state index contributed by atoms with van der Waals surface area (Å²) in [6.07, 6.45) is 6.26. The van der Waals surface area contributed by atoms with E-state index in [9.17, 15) is 12.8 Å². The van der Waals surface area contributed by atoms with Crippen LogP contribution < -0.4 is 4.72 Å². The second kappa shape index (κ2) is 6.01. The maximum atomic E-state index is 13.2. The molecule has 1 aliphatic carbocycles. The Hall–Kier alpha value is -0.940. The third kappa shape index (κ3) is 3.76. The highest BCUT2D eigenvalue weighted by Gasteiger charge is 2.21. The molecule has 1 saturated carbocycles. The molecule has 0 atom stereocenters. The molecule has 19 heavy (non-hydrogen) atoms. The second-order valence-corrected chi connectivity index (χ2v) is 6.93. The zero-order valence-corrected chi connectivity index (χ0v) is 12.0. The van der Waals surface area contributed by atoms with Crippen molar-refractivity contribution >= 4 is 10.0 Å². The van der Waals surface area contributed by atoms with Crippen molar-refractivity contribution in [2.75, 3.05) is 0 Å². The minimum Gasteiger partial charge on any atom is -0.208 e.